The minimum Gasteiger partial charge on any atom is -0.393 e. The highest BCUT2D eigenvalue weighted by Crippen LogP contribution is 2.37. The van der Waals surface area contributed by atoms with Gasteiger partial charge in [0.05, 0.1) is 23.9 Å². The lowest BCUT2D eigenvalue weighted by Gasteiger charge is -2.18. The van der Waals surface area contributed by atoms with Crippen molar-refractivity contribution < 1.29 is 14.9 Å². The average Bonchev–Trinajstić information content (AvgIpc) is 2.94. The van der Waals surface area contributed by atoms with Gasteiger partial charge in [0, 0.05) is 12.3 Å². The summed E-state index contributed by atoms with van der Waals surface area (Å²) in [5.74, 6) is 0.139. The Hall–Kier alpha value is -0.380. The topological polar surface area (TPSA) is 53.0 Å². The number of hydrogen-bond acceptors (Lipinski definition) is 3. The van der Waals surface area contributed by atoms with E-state index in [2.05, 4.69) is 6.58 Å². The quantitative estimate of drug-likeness (QED) is 0.520. The van der Waals surface area contributed by atoms with Crippen molar-refractivity contribution in [3.63, 3.8) is 0 Å². The molecular weight excluding hydrogens is 192 g/mol. The van der Waals surface area contributed by atoms with Crippen LogP contribution in [0.25, 0.3) is 0 Å². The molecule has 15 heavy (non-hydrogen) atoms. The number of aliphatic hydroxyl groups excluding tert-OH is 1. The fourth-order valence-electron chi connectivity index (χ4n) is 1.86. The molecule has 3 heteroatoms. The van der Waals surface area contributed by atoms with Gasteiger partial charge < -0.3 is 14.9 Å². The lowest BCUT2D eigenvalue weighted by Crippen LogP contribution is -2.27. The lowest BCUT2D eigenvalue weighted by molar-refractivity contribution is 0.0923. The summed E-state index contributed by atoms with van der Waals surface area (Å²) in [7, 11) is 0. The van der Waals surface area contributed by atoms with E-state index < -0.39 is 5.60 Å². The highest BCUT2D eigenvalue weighted by atomic mass is 16.6. The van der Waals surface area contributed by atoms with Crippen molar-refractivity contribution in [3.8, 4) is 0 Å². The molecule has 1 saturated heterocycles. The van der Waals surface area contributed by atoms with Crippen LogP contribution in [0.15, 0.2) is 12.7 Å². The summed E-state index contributed by atoms with van der Waals surface area (Å²) < 4.78 is 5.47. The van der Waals surface area contributed by atoms with E-state index >= 15 is 0 Å². The fraction of sp³-hybridized carbons (Fsp3) is 0.833. The summed E-state index contributed by atoms with van der Waals surface area (Å²) in [4.78, 5) is 0. The molecule has 0 spiro atoms. The Morgan fingerprint density at radius 2 is 2.20 bits per heavy atom. The fourth-order valence-corrected chi connectivity index (χ4v) is 1.86. The molecule has 3 nitrogen and oxygen atoms in total. The predicted molar refractivity (Wildman–Crippen MR) is 59.6 cm³/mol. The maximum Gasteiger partial charge on any atom is 0.0893 e. The summed E-state index contributed by atoms with van der Waals surface area (Å²) in [6.45, 7) is 9.25. The van der Waals surface area contributed by atoms with Crippen molar-refractivity contribution in [1.82, 2.24) is 0 Å². The molecule has 1 aliphatic rings. The van der Waals surface area contributed by atoms with Crippen LogP contribution in [0.5, 0.6) is 0 Å². The molecule has 0 unspecified atom stereocenters. The van der Waals surface area contributed by atoms with E-state index in [9.17, 15) is 10.2 Å². The highest BCUT2D eigenvalue weighted by molar-refractivity contribution is 5.01. The Labute approximate surface area is 91.8 Å². The van der Waals surface area contributed by atoms with Gasteiger partial charge in [-0.15, -0.1) is 6.58 Å². The van der Waals surface area contributed by atoms with Crippen LogP contribution >= 0.6 is 0 Å². The number of ether oxygens (including phenoxy) is 1. The Bertz CT molecular complexity index is 225. The molecule has 0 amide bonds. The predicted octanol–water partition coefficient (Wildman–Crippen LogP) is 1.49. The van der Waals surface area contributed by atoms with Gasteiger partial charge in [-0.25, -0.2) is 0 Å². The summed E-state index contributed by atoms with van der Waals surface area (Å²) >= 11 is 0. The first kappa shape index (κ1) is 12.7. The molecule has 5 atom stereocenters. The van der Waals surface area contributed by atoms with Gasteiger partial charge >= 0.3 is 0 Å². The van der Waals surface area contributed by atoms with Gasteiger partial charge in [-0.05, 0) is 13.3 Å². The number of rotatable bonds is 6. The van der Waals surface area contributed by atoms with Crippen molar-refractivity contribution in [2.45, 2.75) is 57.5 Å². The molecule has 0 aliphatic carbocycles. The van der Waals surface area contributed by atoms with Crippen LogP contribution in [0.4, 0.5) is 0 Å². The molecule has 88 valence electrons. The smallest absolute Gasteiger partial charge is 0.0893 e. The standard InChI is InChI=1S/C12H22O3/c1-5-9(13)8(3)11-10(15-11)7-12(4,14)6-2/h6,8-11,13-14H,2,5,7H2,1,3-4H3/t8-,9+,10-,11-,12+/m1/s1. The van der Waals surface area contributed by atoms with E-state index in [1.165, 1.54) is 6.08 Å². The minimum atomic E-state index is -0.865. The van der Waals surface area contributed by atoms with Crippen LogP contribution in [-0.2, 0) is 4.74 Å². The van der Waals surface area contributed by atoms with Crippen molar-refractivity contribution >= 4 is 0 Å². The zero-order valence-corrected chi connectivity index (χ0v) is 9.81. The molecule has 1 aliphatic heterocycles. The number of aliphatic hydroxyl groups is 2. The van der Waals surface area contributed by atoms with E-state index in [0.29, 0.717) is 6.42 Å². The maximum absolute atomic E-state index is 9.77. The van der Waals surface area contributed by atoms with Gasteiger partial charge in [0.1, 0.15) is 0 Å². The third kappa shape index (κ3) is 3.30. The van der Waals surface area contributed by atoms with E-state index in [4.69, 9.17) is 4.74 Å². The lowest BCUT2D eigenvalue weighted by atomic mass is 9.92. The minimum absolute atomic E-state index is 0.0641. The van der Waals surface area contributed by atoms with Crippen LogP contribution in [0.3, 0.4) is 0 Å². The van der Waals surface area contributed by atoms with Crippen LogP contribution in [0.1, 0.15) is 33.6 Å². The molecule has 0 saturated carbocycles. The molecule has 1 rings (SSSR count). The van der Waals surface area contributed by atoms with Gasteiger partial charge in [-0.1, -0.05) is 19.9 Å². The van der Waals surface area contributed by atoms with Gasteiger partial charge in [0.15, 0.2) is 0 Å². The van der Waals surface area contributed by atoms with Crippen molar-refractivity contribution in [2.24, 2.45) is 5.92 Å². The Kier molecular flexibility index (Phi) is 3.93. The Morgan fingerprint density at radius 1 is 1.60 bits per heavy atom. The molecule has 0 bridgehead atoms. The van der Waals surface area contributed by atoms with Crippen molar-refractivity contribution in [2.75, 3.05) is 0 Å². The van der Waals surface area contributed by atoms with Crippen LogP contribution in [-0.4, -0.2) is 34.1 Å². The number of epoxide rings is 1. The molecule has 0 aromatic rings. The zero-order chi connectivity index (χ0) is 11.6. The zero-order valence-electron chi connectivity index (χ0n) is 9.81. The molecule has 0 radical (unpaired) electrons. The second-order valence-corrected chi connectivity index (χ2v) is 4.74. The summed E-state index contributed by atoms with van der Waals surface area (Å²) in [5.41, 5.74) is -0.865. The average molecular weight is 214 g/mol. The third-order valence-corrected chi connectivity index (χ3v) is 3.22. The first-order chi connectivity index (χ1) is 6.91. The van der Waals surface area contributed by atoms with Crippen LogP contribution in [0, 0.1) is 5.92 Å². The maximum atomic E-state index is 9.77. The number of hydrogen-bond donors (Lipinski definition) is 2. The highest BCUT2D eigenvalue weighted by Gasteiger charge is 2.47. The summed E-state index contributed by atoms with van der Waals surface area (Å²) in [6, 6.07) is 0. The Balaban J connectivity index is 2.37. The summed E-state index contributed by atoms with van der Waals surface area (Å²) in [6.07, 6.45) is 2.68. The molecule has 1 fully saturated rings. The molecule has 0 aromatic heterocycles. The van der Waals surface area contributed by atoms with Crippen molar-refractivity contribution in [3.05, 3.63) is 12.7 Å². The molecule has 2 N–H and O–H groups in total. The van der Waals surface area contributed by atoms with Gasteiger partial charge in [-0.3, -0.25) is 0 Å². The SMILES string of the molecule is C=C[C@](C)(O)C[C@H]1O[C@@H]1[C@H](C)[C@@H](O)CC. The first-order valence-corrected chi connectivity index (χ1v) is 5.60. The van der Waals surface area contributed by atoms with E-state index in [1.54, 1.807) is 6.92 Å². The second-order valence-electron chi connectivity index (χ2n) is 4.74. The normalized spacial score (nSPS) is 32.9. The molecule has 1 heterocycles. The molecule has 0 aromatic carbocycles. The van der Waals surface area contributed by atoms with Crippen LogP contribution in [0.2, 0.25) is 0 Å². The molecular formula is C12H22O3. The third-order valence-electron chi connectivity index (χ3n) is 3.22. The van der Waals surface area contributed by atoms with Crippen LogP contribution < -0.4 is 0 Å². The van der Waals surface area contributed by atoms with E-state index in [0.717, 1.165) is 6.42 Å². The van der Waals surface area contributed by atoms with Gasteiger partial charge in [0.25, 0.3) is 0 Å². The van der Waals surface area contributed by atoms with Gasteiger partial charge in [0.2, 0.25) is 0 Å². The second kappa shape index (κ2) is 4.64. The largest absolute Gasteiger partial charge is 0.393 e. The van der Waals surface area contributed by atoms with E-state index in [-0.39, 0.29) is 24.2 Å². The first-order valence-electron chi connectivity index (χ1n) is 5.60. The Morgan fingerprint density at radius 3 is 2.67 bits per heavy atom. The monoisotopic (exact) mass is 214 g/mol. The van der Waals surface area contributed by atoms with E-state index in [1.807, 2.05) is 13.8 Å². The van der Waals surface area contributed by atoms with Gasteiger partial charge in [-0.2, -0.15) is 0 Å². The van der Waals surface area contributed by atoms with Crippen molar-refractivity contribution in [1.29, 1.82) is 0 Å². The summed E-state index contributed by atoms with van der Waals surface area (Å²) in [5, 5.41) is 19.4.